The standard InChI is InChI=1S/C14H14Cl2FN3/c1-3-20(4-2)14-18-12(15)11(13(16)19-14)9-5-7-10(17)8-6-9/h5-8H,3-4H2,1-2H3. The molecule has 0 amide bonds. The molecule has 3 nitrogen and oxygen atoms in total. The molecule has 0 aliphatic rings. The average molecular weight is 314 g/mol. The van der Waals surface area contributed by atoms with Crippen molar-refractivity contribution in [2.45, 2.75) is 13.8 Å². The minimum Gasteiger partial charge on any atom is -0.341 e. The van der Waals surface area contributed by atoms with Gasteiger partial charge in [0.05, 0.1) is 5.56 Å². The lowest BCUT2D eigenvalue weighted by Gasteiger charge is -2.19. The fourth-order valence-corrected chi connectivity index (χ4v) is 2.50. The van der Waals surface area contributed by atoms with Gasteiger partial charge in [-0.15, -0.1) is 0 Å². The molecular formula is C14H14Cl2FN3. The van der Waals surface area contributed by atoms with Crippen LogP contribution in [0.2, 0.25) is 10.3 Å². The summed E-state index contributed by atoms with van der Waals surface area (Å²) >= 11 is 12.4. The average Bonchev–Trinajstić information content (AvgIpc) is 2.41. The maximum atomic E-state index is 13.0. The van der Waals surface area contributed by atoms with Crippen LogP contribution in [-0.4, -0.2) is 23.1 Å². The molecule has 0 aliphatic carbocycles. The fraction of sp³-hybridized carbons (Fsp3) is 0.286. The zero-order valence-corrected chi connectivity index (χ0v) is 12.7. The van der Waals surface area contributed by atoms with Crippen molar-refractivity contribution >= 4 is 29.2 Å². The molecular weight excluding hydrogens is 300 g/mol. The molecule has 6 heteroatoms. The zero-order valence-electron chi connectivity index (χ0n) is 11.2. The van der Waals surface area contributed by atoms with Gasteiger partial charge < -0.3 is 4.90 Å². The summed E-state index contributed by atoms with van der Waals surface area (Å²) in [5.41, 5.74) is 1.21. The van der Waals surface area contributed by atoms with E-state index < -0.39 is 0 Å². The highest BCUT2D eigenvalue weighted by Crippen LogP contribution is 2.33. The van der Waals surface area contributed by atoms with Crippen LogP contribution in [0, 0.1) is 5.82 Å². The Bertz CT molecular complexity index is 575. The van der Waals surface area contributed by atoms with Gasteiger partial charge in [-0.05, 0) is 31.5 Å². The molecule has 1 aromatic carbocycles. The van der Waals surface area contributed by atoms with E-state index >= 15 is 0 Å². The molecule has 0 aliphatic heterocycles. The number of halogens is 3. The summed E-state index contributed by atoms with van der Waals surface area (Å²) in [7, 11) is 0. The van der Waals surface area contributed by atoms with Crippen molar-refractivity contribution in [2.24, 2.45) is 0 Å². The topological polar surface area (TPSA) is 29.0 Å². The maximum absolute atomic E-state index is 13.0. The molecule has 106 valence electrons. The molecule has 0 N–H and O–H groups in total. The first-order valence-corrected chi connectivity index (χ1v) is 7.06. The number of rotatable bonds is 4. The van der Waals surface area contributed by atoms with Gasteiger partial charge in [0, 0.05) is 13.1 Å². The van der Waals surface area contributed by atoms with E-state index in [0.29, 0.717) is 17.1 Å². The first-order chi connectivity index (χ1) is 9.56. The summed E-state index contributed by atoms with van der Waals surface area (Å²) < 4.78 is 13.0. The van der Waals surface area contributed by atoms with Crippen molar-refractivity contribution in [3.8, 4) is 11.1 Å². The van der Waals surface area contributed by atoms with Crippen LogP contribution >= 0.6 is 23.2 Å². The molecule has 0 atom stereocenters. The zero-order chi connectivity index (χ0) is 14.7. The van der Waals surface area contributed by atoms with E-state index in [1.165, 1.54) is 12.1 Å². The van der Waals surface area contributed by atoms with Gasteiger partial charge in [-0.2, -0.15) is 0 Å². The van der Waals surface area contributed by atoms with Crippen molar-refractivity contribution in [3.63, 3.8) is 0 Å². The second-order valence-electron chi connectivity index (χ2n) is 4.16. The van der Waals surface area contributed by atoms with E-state index in [1.807, 2.05) is 18.7 Å². The van der Waals surface area contributed by atoms with Crippen LogP contribution in [0.5, 0.6) is 0 Å². The van der Waals surface area contributed by atoms with Gasteiger partial charge in [-0.3, -0.25) is 0 Å². The number of hydrogen-bond donors (Lipinski definition) is 0. The van der Waals surface area contributed by atoms with Gasteiger partial charge in [-0.25, -0.2) is 14.4 Å². The van der Waals surface area contributed by atoms with Crippen LogP contribution in [0.25, 0.3) is 11.1 Å². The van der Waals surface area contributed by atoms with E-state index in [0.717, 1.165) is 13.1 Å². The molecule has 0 unspecified atom stereocenters. The first kappa shape index (κ1) is 15.0. The van der Waals surface area contributed by atoms with Crippen LogP contribution in [0.4, 0.5) is 10.3 Å². The summed E-state index contributed by atoms with van der Waals surface area (Å²) in [6.45, 7) is 5.53. The summed E-state index contributed by atoms with van der Waals surface area (Å²) in [6, 6.07) is 5.90. The normalized spacial score (nSPS) is 10.7. The SMILES string of the molecule is CCN(CC)c1nc(Cl)c(-c2ccc(F)cc2)c(Cl)n1. The highest BCUT2D eigenvalue weighted by atomic mass is 35.5. The summed E-state index contributed by atoms with van der Waals surface area (Å²) in [5, 5.41) is 0.525. The minimum absolute atomic E-state index is 0.263. The number of nitrogens with zero attached hydrogens (tertiary/aromatic N) is 3. The Kier molecular flexibility index (Phi) is 4.78. The van der Waals surface area contributed by atoms with E-state index in [1.54, 1.807) is 12.1 Å². The number of benzene rings is 1. The van der Waals surface area contributed by atoms with Gasteiger partial charge >= 0.3 is 0 Å². The molecule has 0 saturated carbocycles. The van der Waals surface area contributed by atoms with Crippen molar-refractivity contribution < 1.29 is 4.39 Å². The summed E-state index contributed by atoms with van der Waals surface area (Å²) in [4.78, 5) is 10.5. The Labute approximate surface area is 127 Å². The Balaban J connectivity index is 2.48. The lowest BCUT2D eigenvalue weighted by atomic mass is 10.1. The molecule has 0 bridgehead atoms. The molecule has 1 aromatic heterocycles. The number of hydrogen-bond acceptors (Lipinski definition) is 3. The van der Waals surface area contributed by atoms with E-state index in [4.69, 9.17) is 23.2 Å². The molecule has 1 heterocycles. The van der Waals surface area contributed by atoms with Crippen LogP contribution < -0.4 is 4.90 Å². The largest absolute Gasteiger partial charge is 0.341 e. The monoisotopic (exact) mass is 313 g/mol. The summed E-state index contributed by atoms with van der Waals surface area (Å²) in [5.74, 6) is 0.178. The third-order valence-electron chi connectivity index (χ3n) is 2.99. The van der Waals surface area contributed by atoms with Gasteiger partial charge in [0.2, 0.25) is 5.95 Å². The highest BCUT2D eigenvalue weighted by molar-refractivity contribution is 6.37. The van der Waals surface area contributed by atoms with E-state index in [9.17, 15) is 4.39 Å². The van der Waals surface area contributed by atoms with Crippen LogP contribution in [0.15, 0.2) is 24.3 Å². The van der Waals surface area contributed by atoms with Gasteiger partial charge in [0.1, 0.15) is 16.1 Å². The number of anilines is 1. The quantitative estimate of drug-likeness (QED) is 0.782. The van der Waals surface area contributed by atoms with Gasteiger partial charge in [-0.1, -0.05) is 35.3 Å². The Morgan fingerprint density at radius 1 is 1.00 bits per heavy atom. The Hall–Kier alpha value is -1.39. The smallest absolute Gasteiger partial charge is 0.228 e. The predicted octanol–water partition coefficient (Wildman–Crippen LogP) is 4.44. The lowest BCUT2D eigenvalue weighted by molar-refractivity contribution is 0.628. The fourth-order valence-electron chi connectivity index (χ4n) is 1.90. The molecule has 2 rings (SSSR count). The number of aromatic nitrogens is 2. The second-order valence-corrected chi connectivity index (χ2v) is 4.88. The molecule has 0 saturated heterocycles. The Morgan fingerprint density at radius 2 is 1.50 bits per heavy atom. The van der Waals surface area contributed by atoms with Crippen molar-refractivity contribution in [1.82, 2.24) is 9.97 Å². The molecule has 0 radical (unpaired) electrons. The highest BCUT2D eigenvalue weighted by Gasteiger charge is 2.16. The molecule has 20 heavy (non-hydrogen) atoms. The summed E-state index contributed by atoms with van der Waals surface area (Å²) in [6.07, 6.45) is 0. The van der Waals surface area contributed by atoms with E-state index in [-0.39, 0.29) is 16.1 Å². The molecule has 0 spiro atoms. The van der Waals surface area contributed by atoms with Crippen LogP contribution in [-0.2, 0) is 0 Å². The molecule has 0 fully saturated rings. The van der Waals surface area contributed by atoms with Gasteiger partial charge in [0.25, 0.3) is 0 Å². The van der Waals surface area contributed by atoms with Gasteiger partial charge in [0.15, 0.2) is 0 Å². The molecule has 2 aromatic rings. The van der Waals surface area contributed by atoms with E-state index in [2.05, 4.69) is 9.97 Å². The maximum Gasteiger partial charge on any atom is 0.228 e. The third kappa shape index (κ3) is 3.02. The predicted molar refractivity (Wildman–Crippen MR) is 81.0 cm³/mol. The van der Waals surface area contributed by atoms with Crippen LogP contribution in [0.1, 0.15) is 13.8 Å². The second kappa shape index (κ2) is 6.37. The van der Waals surface area contributed by atoms with Crippen molar-refractivity contribution in [3.05, 3.63) is 40.4 Å². The third-order valence-corrected chi connectivity index (χ3v) is 3.54. The van der Waals surface area contributed by atoms with Crippen LogP contribution in [0.3, 0.4) is 0 Å². The lowest BCUT2D eigenvalue weighted by Crippen LogP contribution is -2.24. The van der Waals surface area contributed by atoms with Crippen molar-refractivity contribution in [2.75, 3.05) is 18.0 Å². The Morgan fingerprint density at radius 3 is 1.95 bits per heavy atom. The van der Waals surface area contributed by atoms with Crippen molar-refractivity contribution in [1.29, 1.82) is 0 Å². The first-order valence-electron chi connectivity index (χ1n) is 6.30. The minimum atomic E-state index is -0.318.